The molecule has 2 aromatic carbocycles. The van der Waals surface area contributed by atoms with E-state index in [1.165, 1.54) is 0 Å². The zero-order valence-electron chi connectivity index (χ0n) is 12.3. The van der Waals surface area contributed by atoms with Gasteiger partial charge in [0.15, 0.2) is 0 Å². The maximum absolute atomic E-state index is 10.3. The van der Waals surface area contributed by atoms with Crippen LogP contribution in [0.25, 0.3) is 22.4 Å². The van der Waals surface area contributed by atoms with Gasteiger partial charge in [-0.3, -0.25) is 0 Å². The molecule has 0 aliphatic carbocycles. The Labute approximate surface area is 132 Å². The molecule has 0 fully saturated rings. The van der Waals surface area contributed by atoms with E-state index in [1.807, 2.05) is 30.3 Å². The van der Waals surface area contributed by atoms with E-state index in [0.29, 0.717) is 0 Å². The van der Waals surface area contributed by atoms with Crippen molar-refractivity contribution in [1.82, 2.24) is 9.55 Å². The Balaban J connectivity index is 2.37. The highest BCUT2D eigenvalue weighted by Gasteiger charge is 2.23. The lowest BCUT2D eigenvalue weighted by Gasteiger charge is -2.25. The second kappa shape index (κ2) is 4.88. The van der Waals surface area contributed by atoms with Gasteiger partial charge in [-0.2, -0.15) is 0 Å². The summed E-state index contributed by atoms with van der Waals surface area (Å²) >= 11 is 3.37. The number of halogens is 1. The average Bonchev–Trinajstić information content (AvgIpc) is 2.77. The van der Waals surface area contributed by atoms with Crippen molar-refractivity contribution in [2.24, 2.45) is 0 Å². The van der Waals surface area contributed by atoms with Crippen molar-refractivity contribution in [3.8, 4) is 17.1 Å². The van der Waals surface area contributed by atoms with Crippen LogP contribution in [0.5, 0.6) is 5.75 Å². The molecule has 0 saturated heterocycles. The van der Waals surface area contributed by atoms with Crippen LogP contribution in [-0.4, -0.2) is 14.7 Å². The van der Waals surface area contributed by atoms with Crippen LogP contribution >= 0.6 is 15.9 Å². The Morgan fingerprint density at radius 2 is 1.81 bits per heavy atom. The zero-order valence-corrected chi connectivity index (χ0v) is 13.8. The van der Waals surface area contributed by atoms with Gasteiger partial charge in [-0.05, 0) is 51.1 Å². The molecule has 0 saturated carbocycles. The predicted octanol–water partition coefficient (Wildman–Crippen LogP) is 4.93. The molecule has 0 atom stereocenters. The van der Waals surface area contributed by atoms with Crippen LogP contribution in [0.1, 0.15) is 20.8 Å². The molecular formula is C17H17BrN2O. The number of phenols is 1. The first kappa shape index (κ1) is 14.1. The van der Waals surface area contributed by atoms with Crippen molar-refractivity contribution in [2.75, 3.05) is 0 Å². The maximum atomic E-state index is 10.3. The highest BCUT2D eigenvalue weighted by atomic mass is 79.9. The van der Waals surface area contributed by atoms with Gasteiger partial charge in [0.2, 0.25) is 0 Å². The van der Waals surface area contributed by atoms with Crippen LogP contribution in [-0.2, 0) is 5.54 Å². The lowest BCUT2D eigenvalue weighted by molar-refractivity contribution is 0.411. The number of nitrogens with zero attached hydrogens (tertiary/aromatic N) is 2. The van der Waals surface area contributed by atoms with Gasteiger partial charge in [0.25, 0.3) is 0 Å². The molecule has 0 aliphatic heterocycles. The van der Waals surface area contributed by atoms with Gasteiger partial charge in [-0.15, -0.1) is 0 Å². The lowest BCUT2D eigenvalue weighted by atomic mass is 10.1. The first-order chi connectivity index (χ1) is 9.88. The third-order valence-electron chi connectivity index (χ3n) is 3.43. The van der Waals surface area contributed by atoms with E-state index < -0.39 is 0 Å². The summed E-state index contributed by atoms with van der Waals surface area (Å²) in [6.45, 7) is 6.42. The van der Waals surface area contributed by atoms with E-state index in [4.69, 9.17) is 4.98 Å². The average molecular weight is 345 g/mol. The molecule has 108 valence electrons. The van der Waals surface area contributed by atoms with Crippen LogP contribution in [0.15, 0.2) is 46.9 Å². The van der Waals surface area contributed by atoms with Crippen molar-refractivity contribution in [2.45, 2.75) is 26.3 Å². The molecule has 4 heteroatoms. The SMILES string of the molecule is CC(C)(C)n1c(-c2ccc(Br)cc2O)nc2ccccc21. The van der Waals surface area contributed by atoms with Gasteiger partial charge in [0, 0.05) is 10.0 Å². The molecule has 0 aliphatic rings. The first-order valence-electron chi connectivity index (χ1n) is 6.85. The molecule has 0 radical (unpaired) electrons. The first-order valence-corrected chi connectivity index (χ1v) is 7.64. The van der Waals surface area contributed by atoms with E-state index in [9.17, 15) is 5.11 Å². The fourth-order valence-corrected chi connectivity index (χ4v) is 2.93. The summed E-state index contributed by atoms with van der Waals surface area (Å²) < 4.78 is 3.02. The van der Waals surface area contributed by atoms with Gasteiger partial charge in [-0.25, -0.2) is 4.98 Å². The quantitative estimate of drug-likeness (QED) is 0.679. The zero-order chi connectivity index (χ0) is 15.2. The van der Waals surface area contributed by atoms with Gasteiger partial charge in [0.05, 0.1) is 16.6 Å². The smallest absolute Gasteiger partial charge is 0.145 e. The highest BCUT2D eigenvalue weighted by Crippen LogP contribution is 2.36. The van der Waals surface area contributed by atoms with Crippen molar-refractivity contribution >= 4 is 27.0 Å². The van der Waals surface area contributed by atoms with Crippen molar-refractivity contribution in [3.63, 3.8) is 0 Å². The summed E-state index contributed by atoms with van der Waals surface area (Å²) in [5.41, 5.74) is 2.61. The molecule has 1 N–H and O–H groups in total. The largest absolute Gasteiger partial charge is 0.507 e. The highest BCUT2D eigenvalue weighted by molar-refractivity contribution is 9.10. The number of aromatic nitrogens is 2. The fourth-order valence-electron chi connectivity index (χ4n) is 2.58. The van der Waals surface area contributed by atoms with Crippen LogP contribution in [0.3, 0.4) is 0 Å². The Bertz CT molecular complexity index is 815. The standard InChI is InChI=1S/C17H17BrN2O/c1-17(2,3)20-14-7-5-4-6-13(14)19-16(20)12-9-8-11(18)10-15(12)21/h4-10,21H,1-3H3. The lowest BCUT2D eigenvalue weighted by Crippen LogP contribution is -2.22. The summed E-state index contributed by atoms with van der Waals surface area (Å²) in [5, 5.41) is 10.3. The minimum atomic E-state index is -0.134. The van der Waals surface area contributed by atoms with Crippen molar-refractivity contribution in [3.05, 3.63) is 46.9 Å². The molecule has 0 bridgehead atoms. The topological polar surface area (TPSA) is 38.0 Å². The predicted molar refractivity (Wildman–Crippen MR) is 89.5 cm³/mol. The summed E-state index contributed by atoms with van der Waals surface area (Å²) in [6.07, 6.45) is 0. The Morgan fingerprint density at radius 1 is 1.10 bits per heavy atom. The fraction of sp³-hybridized carbons (Fsp3) is 0.235. The number of phenolic OH excluding ortho intramolecular Hbond substituents is 1. The number of imidazole rings is 1. The molecule has 3 nitrogen and oxygen atoms in total. The van der Waals surface area contributed by atoms with E-state index in [2.05, 4.69) is 47.3 Å². The summed E-state index contributed by atoms with van der Waals surface area (Å²) in [7, 11) is 0. The summed E-state index contributed by atoms with van der Waals surface area (Å²) in [4.78, 5) is 4.73. The molecule has 0 amide bonds. The number of para-hydroxylation sites is 2. The third-order valence-corrected chi connectivity index (χ3v) is 3.93. The Hall–Kier alpha value is -1.81. The van der Waals surface area contributed by atoms with Gasteiger partial charge >= 0.3 is 0 Å². The van der Waals surface area contributed by atoms with Gasteiger partial charge in [0.1, 0.15) is 11.6 Å². The third kappa shape index (κ3) is 2.44. The normalized spacial score (nSPS) is 12.0. The molecule has 0 spiro atoms. The molecular weight excluding hydrogens is 328 g/mol. The second-order valence-electron chi connectivity index (χ2n) is 6.09. The molecule has 1 heterocycles. The van der Waals surface area contributed by atoms with Crippen LogP contribution in [0.4, 0.5) is 0 Å². The van der Waals surface area contributed by atoms with Crippen LogP contribution in [0, 0.1) is 0 Å². The maximum Gasteiger partial charge on any atom is 0.145 e. The molecule has 0 unspecified atom stereocenters. The van der Waals surface area contributed by atoms with Gasteiger partial charge < -0.3 is 9.67 Å². The molecule has 1 aromatic heterocycles. The number of fused-ring (bicyclic) bond motifs is 1. The van der Waals surface area contributed by atoms with E-state index in [-0.39, 0.29) is 11.3 Å². The molecule has 3 rings (SSSR count). The number of benzene rings is 2. The number of hydrogen-bond donors (Lipinski definition) is 1. The number of aromatic hydroxyl groups is 1. The minimum Gasteiger partial charge on any atom is -0.507 e. The number of hydrogen-bond acceptors (Lipinski definition) is 2. The van der Waals surface area contributed by atoms with E-state index in [0.717, 1.165) is 26.9 Å². The summed E-state index contributed by atoms with van der Waals surface area (Å²) in [6, 6.07) is 13.6. The number of rotatable bonds is 1. The molecule has 3 aromatic rings. The Kier molecular flexibility index (Phi) is 3.29. The Morgan fingerprint density at radius 3 is 2.48 bits per heavy atom. The second-order valence-corrected chi connectivity index (χ2v) is 7.01. The minimum absolute atomic E-state index is 0.134. The van der Waals surface area contributed by atoms with Crippen LogP contribution in [0.2, 0.25) is 0 Å². The van der Waals surface area contributed by atoms with E-state index >= 15 is 0 Å². The van der Waals surface area contributed by atoms with Crippen LogP contribution < -0.4 is 0 Å². The van der Waals surface area contributed by atoms with Gasteiger partial charge in [-0.1, -0.05) is 28.1 Å². The summed E-state index contributed by atoms with van der Waals surface area (Å²) in [5.74, 6) is 1.01. The molecule has 21 heavy (non-hydrogen) atoms. The van der Waals surface area contributed by atoms with Crippen molar-refractivity contribution in [1.29, 1.82) is 0 Å². The van der Waals surface area contributed by atoms with E-state index in [1.54, 1.807) is 6.07 Å². The monoisotopic (exact) mass is 344 g/mol. The van der Waals surface area contributed by atoms with Crippen molar-refractivity contribution < 1.29 is 5.11 Å².